The van der Waals surface area contributed by atoms with Crippen molar-refractivity contribution in [1.29, 1.82) is 0 Å². The van der Waals surface area contributed by atoms with E-state index >= 15 is 0 Å². The van der Waals surface area contributed by atoms with Crippen molar-refractivity contribution in [3.05, 3.63) is 60.2 Å². The molecular formula is C19H20N4O2S. The van der Waals surface area contributed by atoms with Gasteiger partial charge < -0.3 is 9.84 Å². The Labute approximate surface area is 156 Å². The van der Waals surface area contributed by atoms with Crippen molar-refractivity contribution < 1.29 is 9.32 Å². The van der Waals surface area contributed by atoms with E-state index in [0.29, 0.717) is 31.1 Å². The minimum Gasteiger partial charge on any atom is -0.355 e. The van der Waals surface area contributed by atoms with Crippen molar-refractivity contribution >= 4 is 17.7 Å². The molecule has 0 bridgehead atoms. The quantitative estimate of drug-likeness (QED) is 0.485. The molecule has 0 unspecified atom stereocenters. The van der Waals surface area contributed by atoms with E-state index in [0.717, 1.165) is 11.3 Å². The van der Waals surface area contributed by atoms with Gasteiger partial charge in [0.05, 0.1) is 0 Å². The molecule has 2 heterocycles. The zero-order valence-electron chi connectivity index (χ0n) is 14.5. The lowest BCUT2D eigenvalue weighted by molar-refractivity contribution is -0.121. The number of aromatic nitrogens is 3. The lowest BCUT2D eigenvalue weighted by Gasteiger charge is -2.04. The Morgan fingerprint density at radius 3 is 2.69 bits per heavy atom. The topological polar surface area (TPSA) is 80.9 Å². The van der Waals surface area contributed by atoms with Crippen LogP contribution in [0.2, 0.25) is 0 Å². The number of pyridine rings is 1. The second-order valence-corrected chi connectivity index (χ2v) is 6.93. The highest BCUT2D eigenvalue weighted by Crippen LogP contribution is 2.17. The number of nitrogens with one attached hydrogen (secondary N) is 1. The van der Waals surface area contributed by atoms with Gasteiger partial charge in [0.15, 0.2) is 0 Å². The Hall–Kier alpha value is -2.67. The van der Waals surface area contributed by atoms with E-state index in [1.54, 1.807) is 24.2 Å². The first-order valence-corrected chi connectivity index (χ1v) is 9.38. The number of carbonyl (C=O) groups excluding carboxylic acids is 1. The summed E-state index contributed by atoms with van der Waals surface area (Å²) in [5.41, 5.74) is 2.09. The van der Waals surface area contributed by atoms with E-state index in [4.69, 9.17) is 4.52 Å². The predicted octanol–water partition coefficient (Wildman–Crippen LogP) is 3.28. The molecule has 3 rings (SSSR count). The van der Waals surface area contributed by atoms with E-state index < -0.39 is 0 Å². The largest absolute Gasteiger partial charge is 0.355 e. The average Bonchev–Trinajstić information content (AvgIpc) is 3.15. The fraction of sp³-hybridized carbons (Fsp3) is 0.263. The highest BCUT2D eigenvalue weighted by Gasteiger charge is 2.10. The molecule has 0 radical (unpaired) electrons. The van der Waals surface area contributed by atoms with Gasteiger partial charge in [-0.15, -0.1) is 11.8 Å². The van der Waals surface area contributed by atoms with E-state index in [1.165, 1.54) is 10.5 Å². The molecule has 7 heteroatoms. The normalized spacial score (nSPS) is 10.7. The Kier molecular flexibility index (Phi) is 6.38. The zero-order chi connectivity index (χ0) is 18.2. The molecule has 134 valence electrons. The monoisotopic (exact) mass is 368 g/mol. The summed E-state index contributed by atoms with van der Waals surface area (Å²) < 4.78 is 5.20. The smallest absolute Gasteiger partial charge is 0.227 e. The third kappa shape index (κ3) is 5.42. The maximum absolute atomic E-state index is 11.9. The summed E-state index contributed by atoms with van der Waals surface area (Å²) in [4.78, 5) is 21.4. The van der Waals surface area contributed by atoms with Gasteiger partial charge in [0.2, 0.25) is 17.6 Å². The summed E-state index contributed by atoms with van der Waals surface area (Å²) >= 11 is 1.73. The first-order chi connectivity index (χ1) is 12.7. The van der Waals surface area contributed by atoms with Crippen molar-refractivity contribution in [2.45, 2.75) is 24.7 Å². The van der Waals surface area contributed by atoms with Crippen LogP contribution in [0.5, 0.6) is 0 Å². The van der Waals surface area contributed by atoms with E-state index in [-0.39, 0.29) is 5.91 Å². The van der Waals surface area contributed by atoms with Crippen LogP contribution in [0.4, 0.5) is 0 Å². The van der Waals surface area contributed by atoms with Crippen LogP contribution >= 0.6 is 11.8 Å². The number of hydrogen-bond acceptors (Lipinski definition) is 6. The number of benzene rings is 1. The van der Waals surface area contributed by atoms with Crippen LogP contribution in [0.15, 0.2) is 58.2 Å². The molecule has 0 fully saturated rings. The first-order valence-electron chi connectivity index (χ1n) is 8.40. The van der Waals surface area contributed by atoms with Crippen LogP contribution in [-0.2, 0) is 11.2 Å². The van der Waals surface area contributed by atoms with Gasteiger partial charge in [0.1, 0.15) is 0 Å². The molecule has 26 heavy (non-hydrogen) atoms. The minimum absolute atomic E-state index is 0.0156. The molecule has 0 aliphatic carbocycles. The molecule has 0 saturated carbocycles. The van der Waals surface area contributed by atoms with Crippen LogP contribution in [0.1, 0.15) is 17.9 Å². The van der Waals surface area contributed by atoms with Crippen LogP contribution < -0.4 is 5.32 Å². The summed E-state index contributed by atoms with van der Waals surface area (Å²) in [5.74, 6) is 1.79. The molecule has 0 spiro atoms. The van der Waals surface area contributed by atoms with Crippen LogP contribution in [0, 0.1) is 6.92 Å². The number of hydrogen-bond donors (Lipinski definition) is 1. The molecular weight excluding hydrogens is 348 g/mol. The summed E-state index contributed by atoms with van der Waals surface area (Å²) in [7, 11) is 0. The van der Waals surface area contributed by atoms with Crippen LogP contribution in [0.3, 0.4) is 0 Å². The second kappa shape index (κ2) is 9.15. The van der Waals surface area contributed by atoms with Crippen molar-refractivity contribution in [2.24, 2.45) is 0 Å². The van der Waals surface area contributed by atoms with E-state index in [9.17, 15) is 4.79 Å². The molecule has 1 amide bonds. The van der Waals surface area contributed by atoms with Crippen molar-refractivity contribution in [1.82, 2.24) is 20.4 Å². The van der Waals surface area contributed by atoms with Gasteiger partial charge >= 0.3 is 0 Å². The highest BCUT2D eigenvalue weighted by molar-refractivity contribution is 7.99. The van der Waals surface area contributed by atoms with Gasteiger partial charge in [-0.3, -0.25) is 9.78 Å². The molecule has 0 aliphatic heterocycles. The Balaban J connectivity index is 1.36. The first kappa shape index (κ1) is 18.1. The van der Waals surface area contributed by atoms with Crippen molar-refractivity contribution in [2.75, 3.05) is 12.3 Å². The number of aryl methyl sites for hydroxylation is 2. The maximum Gasteiger partial charge on any atom is 0.227 e. The second-order valence-electron chi connectivity index (χ2n) is 5.76. The van der Waals surface area contributed by atoms with Gasteiger partial charge in [-0.2, -0.15) is 4.98 Å². The SMILES string of the molecule is Cc1ccc(SCCNC(=O)CCc2nc(-c3ccncc3)no2)cc1. The lowest BCUT2D eigenvalue weighted by Crippen LogP contribution is -2.25. The fourth-order valence-electron chi connectivity index (χ4n) is 2.28. The van der Waals surface area contributed by atoms with Gasteiger partial charge in [-0.05, 0) is 31.2 Å². The number of rotatable bonds is 8. The number of thioether (sulfide) groups is 1. The minimum atomic E-state index is -0.0156. The van der Waals surface area contributed by atoms with Gasteiger partial charge in [-0.1, -0.05) is 22.9 Å². The lowest BCUT2D eigenvalue weighted by atomic mass is 10.2. The summed E-state index contributed by atoms with van der Waals surface area (Å²) in [6.45, 7) is 2.70. The Morgan fingerprint density at radius 2 is 1.92 bits per heavy atom. The fourth-order valence-corrected chi connectivity index (χ4v) is 3.05. The Morgan fingerprint density at radius 1 is 1.15 bits per heavy atom. The molecule has 0 saturated heterocycles. The van der Waals surface area contributed by atoms with Gasteiger partial charge in [0.25, 0.3) is 0 Å². The third-order valence-electron chi connectivity index (χ3n) is 3.69. The molecule has 6 nitrogen and oxygen atoms in total. The van der Waals surface area contributed by atoms with Crippen LogP contribution in [-0.4, -0.2) is 33.3 Å². The van der Waals surface area contributed by atoms with Gasteiger partial charge in [0, 0.05) is 48.0 Å². The third-order valence-corrected chi connectivity index (χ3v) is 4.70. The number of carbonyl (C=O) groups is 1. The van der Waals surface area contributed by atoms with Crippen molar-refractivity contribution in [3.8, 4) is 11.4 Å². The van der Waals surface area contributed by atoms with Crippen molar-refractivity contribution in [3.63, 3.8) is 0 Å². The Bertz CT molecular complexity index is 834. The standard InChI is InChI=1S/C19H20N4O2S/c1-14-2-4-16(5-3-14)26-13-12-21-17(24)6-7-18-22-19(23-25-18)15-8-10-20-11-9-15/h2-5,8-11H,6-7,12-13H2,1H3,(H,21,24). The predicted molar refractivity (Wildman–Crippen MR) is 101 cm³/mol. The maximum atomic E-state index is 11.9. The van der Waals surface area contributed by atoms with Crippen LogP contribution in [0.25, 0.3) is 11.4 Å². The molecule has 1 N–H and O–H groups in total. The molecule has 2 aromatic heterocycles. The summed E-state index contributed by atoms with van der Waals surface area (Å²) in [5, 5.41) is 6.85. The van der Waals surface area contributed by atoms with Gasteiger partial charge in [-0.25, -0.2) is 0 Å². The number of amides is 1. The molecule has 0 atom stereocenters. The molecule has 0 aliphatic rings. The van der Waals surface area contributed by atoms with E-state index in [1.807, 2.05) is 12.1 Å². The zero-order valence-corrected chi connectivity index (χ0v) is 15.3. The summed E-state index contributed by atoms with van der Waals surface area (Å²) in [6.07, 6.45) is 4.10. The highest BCUT2D eigenvalue weighted by atomic mass is 32.2. The summed E-state index contributed by atoms with van der Waals surface area (Å²) in [6, 6.07) is 12.0. The average molecular weight is 368 g/mol. The molecule has 1 aromatic carbocycles. The van der Waals surface area contributed by atoms with E-state index in [2.05, 4.69) is 51.6 Å². The number of nitrogens with zero attached hydrogens (tertiary/aromatic N) is 3. The molecule has 3 aromatic rings.